The fourth-order valence-electron chi connectivity index (χ4n) is 3.00. The average Bonchev–Trinajstić information content (AvgIpc) is 2.99. The molecule has 0 aliphatic carbocycles. The standard InChI is InChI=1S/C21H24N2O4/c1-15(2)16-8-3-6-11-19(16)27-14-20(24)26-13-7-12-23-18-10-5-4-9-17(18)22-21(23)25/h3-6,8-11,15H,7,12-14H2,1-2H3,(H,22,25). The molecule has 6 nitrogen and oxygen atoms in total. The fraction of sp³-hybridized carbons (Fsp3) is 0.333. The van der Waals surface area contributed by atoms with Gasteiger partial charge in [0.25, 0.3) is 0 Å². The maximum atomic E-state index is 12.0. The monoisotopic (exact) mass is 368 g/mol. The number of imidazole rings is 1. The smallest absolute Gasteiger partial charge is 0.344 e. The molecule has 1 heterocycles. The van der Waals surface area contributed by atoms with Gasteiger partial charge in [0.15, 0.2) is 6.61 Å². The highest BCUT2D eigenvalue weighted by Crippen LogP contribution is 2.25. The topological polar surface area (TPSA) is 73.3 Å². The van der Waals surface area contributed by atoms with Gasteiger partial charge in [-0.25, -0.2) is 9.59 Å². The molecule has 0 saturated heterocycles. The molecule has 0 radical (unpaired) electrons. The van der Waals surface area contributed by atoms with Crippen LogP contribution in [0.25, 0.3) is 11.0 Å². The molecule has 0 aliphatic rings. The van der Waals surface area contributed by atoms with Gasteiger partial charge < -0.3 is 14.5 Å². The second-order valence-electron chi connectivity index (χ2n) is 6.65. The number of ether oxygens (including phenoxy) is 2. The van der Waals surface area contributed by atoms with E-state index in [-0.39, 0.29) is 18.9 Å². The lowest BCUT2D eigenvalue weighted by atomic mass is 10.0. The van der Waals surface area contributed by atoms with Crippen LogP contribution in [0.3, 0.4) is 0 Å². The van der Waals surface area contributed by atoms with Crippen LogP contribution >= 0.6 is 0 Å². The summed E-state index contributed by atoms with van der Waals surface area (Å²) in [5.41, 5.74) is 2.55. The van der Waals surface area contributed by atoms with Crippen molar-refractivity contribution in [1.82, 2.24) is 9.55 Å². The maximum Gasteiger partial charge on any atom is 0.344 e. The van der Waals surface area contributed by atoms with Crippen LogP contribution in [0, 0.1) is 0 Å². The van der Waals surface area contributed by atoms with E-state index in [4.69, 9.17) is 9.47 Å². The molecule has 1 aromatic heterocycles. The molecular weight excluding hydrogens is 344 g/mol. The molecule has 6 heteroatoms. The lowest BCUT2D eigenvalue weighted by Gasteiger charge is -2.13. The number of aromatic amines is 1. The summed E-state index contributed by atoms with van der Waals surface area (Å²) < 4.78 is 12.5. The van der Waals surface area contributed by atoms with Crippen LogP contribution in [-0.2, 0) is 16.1 Å². The number of rotatable bonds is 8. The lowest BCUT2D eigenvalue weighted by Crippen LogP contribution is -2.20. The number of esters is 1. The molecule has 0 unspecified atom stereocenters. The number of aromatic nitrogens is 2. The van der Waals surface area contributed by atoms with Crippen LogP contribution in [0.2, 0.25) is 0 Å². The Hall–Kier alpha value is -3.02. The first-order chi connectivity index (χ1) is 13.1. The summed E-state index contributed by atoms with van der Waals surface area (Å²) in [6.07, 6.45) is 0.552. The van der Waals surface area contributed by atoms with Crippen LogP contribution < -0.4 is 10.4 Å². The Bertz CT molecular complexity index is 971. The largest absolute Gasteiger partial charge is 0.482 e. The second kappa shape index (κ2) is 8.58. The number of H-pyrrole nitrogens is 1. The highest BCUT2D eigenvalue weighted by atomic mass is 16.6. The number of hydrogen-bond acceptors (Lipinski definition) is 4. The average molecular weight is 368 g/mol. The van der Waals surface area contributed by atoms with Gasteiger partial charge in [0.1, 0.15) is 5.75 Å². The molecule has 3 aromatic rings. The van der Waals surface area contributed by atoms with Crippen molar-refractivity contribution >= 4 is 17.0 Å². The Morgan fingerprint density at radius 3 is 2.67 bits per heavy atom. The van der Waals surface area contributed by atoms with E-state index in [0.29, 0.717) is 24.6 Å². The minimum Gasteiger partial charge on any atom is -0.482 e. The molecule has 0 amide bonds. The quantitative estimate of drug-likeness (QED) is 0.488. The molecule has 0 spiro atoms. The number of nitrogens with zero attached hydrogens (tertiary/aromatic N) is 1. The number of aryl methyl sites for hydroxylation is 1. The summed E-state index contributed by atoms with van der Waals surface area (Å²) in [6, 6.07) is 15.2. The Labute approximate surface area is 157 Å². The Morgan fingerprint density at radius 2 is 1.85 bits per heavy atom. The summed E-state index contributed by atoms with van der Waals surface area (Å²) in [4.78, 5) is 26.7. The van der Waals surface area contributed by atoms with Gasteiger partial charge in [-0.1, -0.05) is 44.2 Å². The number of carbonyl (C=O) groups excluding carboxylic acids is 1. The Kier molecular flexibility index (Phi) is 5.96. The zero-order valence-electron chi connectivity index (χ0n) is 15.6. The van der Waals surface area contributed by atoms with Gasteiger partial charge >= 0.3 is 11.7 Å². The van der Waals surface area contributed by atoms with E-state index >= 15 is 0 Å². The highest BCUT2D eigenvalue weighted by molar-refractivity contribution is 5.74. The minimum absolute atomic E-state index is 0.128. The van der Waals surface area contributed by atoms with Crippen molar-refractivity contribution < 1.29 is 14.3 Å². The summed E-state index contributed by atoms with van der Waals surface area (Å²) >= 11 is 0. The van der Waals surface area contributed by atoms with Crippen LogP contribution in [0.5, 0.6) is 5.75 Å². The molecule has 142 valence electrons. The first-order valence-electron chi connectivity index (χ1n) is 9.11. The van der Waals surface area contributed by atoms with Crippen LogP contribution in [-0.4, -0.2) is 28.7 Å². The van der Waals surface area contributed by atoms with Crippen molar-refractivity contribution in [1.29, 1.82) is 0 Å². The zero-order chi connectivity index (χ0) is 19.2. The van der Waals surface area contributed by atoms with Gasteiger partial charge in [-0.05, 0) is 36.1 Å². The number of para-hydroxylation sites is 3. The van der Waals surface area contributed by atoms with Gasteiger partial charge in [-0.15, -0.1) is 0 Å². The van der Waals surface area contributed by atoms with E-state index in [9.17, 15) is 9.59 Å². The molecule has 0 atom stereocenters. The summed E-state index contributed by atoms with van der Waals surface area (Å²) in [5.74, 6) is 0.598. The van der Waals surface area contributed by atoms with Gasteiger partial charge in [-0.3, -0.25) is 4.57 Å². The number of benzene rings is 2. The molecule has 0 fully saturated rings. The number of nitrogens with one attached hydrogen (secondary N) is 1. The normalized spacial score (nSPS) is 11.1. The number of carbonyl (C=O) groups is 1. The zero-order valence-corrected chi connectivity index (χ0v) is 15.6. The molecule has 27 heavy (non-hydrogen) atoms. The van der Waals surface area contributed by atoms with Gasteiger partial charge in [0.05, 0.1) is 17.6 Å². The van der Waals surface area contributed by atoms with Gasteiger partial charge in [0.2, 0.25) is 0 Å². The third-order valence-corrected chi connectivity index (χ3v) is 4.36. The lowest BCUT2D eigenvalue weighted by molar-refractivity contribution is -0.146. The fourth-order valence-corrected chi connectivity index (χ4v) is 3.00. The molecule has 2 aromatic carbocycles. The molecule has 0 saturated carbocycles. The van der Waals surface area contributed by atoms with E-state index in [2.05, 4.69) is 18.8 Å². The predicted octanol–water partition coefficient (Wildman–Crippen LogP) is 3.47. The first kappa shape index (κ1) is 18.8. The van der Waals surface area contributed by atoms with Gasteiger partial charge in [-0.2, -0.15) is 0 Å². The van der Waals surface area contributed by atoms with Crippen molar-refractivity contribution in [2.24, 2.45) is 0 Å². The van der Waals surface area contributed by atoms with Crippen LogP contribution in [0.15, 0.2) is 53.3 Å². The van der Waals surface area contributed by atoms with Crippen molar-refractivity contribution in [3.05, 3.63) is 64.6 Å². The molecule has 0 bridgehead atoms. The van der Waals surface area contributed by atoms with E-state index in [1.807, 2.05) is 48.5 Å². The third-order valence-electron chi connectivity index (χ3n) is 4.36. The maximum absolute atomic E-state index is 12.0. The van der Waals surface area contributed by atoms with Crippen LogP contribution in [0.1, 0.15) is 31.7 Å². The van der Waals surface area contributed by atoms with E-state index < -0.39 is 5.97 Å². The van der Waals surface area contributed by atoms with Crippen LogP contribution in [0.4, 0.5) is 0 Å². The molecule has 0 aliphatic heterocycles. The second-order valence-corrected chi connectivity index (χ2v) is 6.65. The Balaban J connectivity index is 1.46. The Morgan fingerprint density at radius 1 is 1.11 bits per heavy atom. The summed E-state index contributed by atoms with van der Waals surface area (Å²) in [6.45, 7) is 4.74. The number of fused-ring (bicyclic) bond motifs is 1. The first-order valence-corrected chi connectivity index (χ1v) is 9.11. The minimum atomic E-state index is -0.417. The molecular formula is C21H24N2O4. The summed E-state index contributed by atoms with van der Waals surface area (Å²) in [7, 11) is 0. The number of hydrogen-bond donors (Lipinski definition) is 1. The van der Waals surface area contributed by atoms with Crippen molar-refractivity contribution in [3.8, 4) is 5.75 Å². The molecule has 1 N–H and O–H groups in total. The van der Waals surface area contributed by atoms with Crippen molar-refractivity contribution in [2.75, 3.05) is 13.2 Å². The predicted molar refractivity (Wildman–Crippen MR) is 104 cm³/mol. The van der Waals surface area contributed by atoms with Crippen molar-refractivity contribution in [2.45, 2.75) is 32.7 Å². The van der Waals surface area contributed by atoms with E-state index in [1.54, 1.807) is 4.57 Å². The van der Waals surface area contributed by atoms with E-state index in [1.165, 1.54) is 0 Å². The third kappa shape index (κ3) is 4.58. The molecule has 3 rings (SSSR count). The van der Waals surface area contributed by atoms with Crippen molar-refractivity contribution in [3.63, 3.8) is 0 Å². The van der Waals surface area contributed by atoms with E-state index in [0.717, 1.165) is 16.6 Å². The highest BCUT2D eigenvalue weighted by Gasteiger charge is 2.10. The SMILES string of the molecule is CC(C)c1ccccc1OCC(=O)OCCCn1c(=O)[nH]c2ccccc21. The summed E-state index contributed by atoms with van der Waals surface area (Å²) in [5, 5.41) is 0. The van der Waals surface area contributed by atoms with Gasteiger partial charge in [0, 0.05) is 6.54 Å².